The summed E-state index contributed by atoms with van der Waals surface area (Å²) in [6.45, 7) is 1.84. The number of carbonyl (C=O) groups is 2. The van der Waals surface area contributed by atoms with Crippen LogP contribution in [-0.2, 0) is 4.74 Å². The maximum Gasteiger partial charge on any atom is 0.346 e. The van der Waals surface area contributed by atoms with Crippen molar-refractivity contribution in [1.82, 2.24) is 5.16 Å². The smallest absolute Gasteiger partial charge is 0.346 e. The molecule has 0 atom stereocenters. The first-order chi connectivity index (χ1) is 12.1. The van der Waals surface area contributed by atoms with Crippen LogP contribution in [0.25, 0.3) is 11.3 Å². The lowest BCUT2D eigenvalue weighted by Gasteiger charge is -2.05. The lowest BCUT2D eigenvalue weighted by atomic mass is 10.1. The van der Waals surface area contributed by atoms with E-state index in [1.807, 2.05) is 0 Å². The average Bonchev–Trinajstić information content (AvgIpc) is 3.25. The quantitative estimate of drug-likeness (QED) is 0.690. The number of amides is 1. The molecule has 3 aromatic rings. The molecule has 25 heavy (non-hydrogen) atoms. The highest BCUT2D eigenvalue weighted by molar-refractivity contribution is 6.30. The Morgan fingerprint density at radius 3 is 2.64 bits per heavy atom. The minimum Gasteiger partial charge on any atom is -0.462 e. The number of hydrogen-bond acceptors (Lipinski definition) is 6. The molecule has 1 amide bonds. The summed E-state index contributed by atoms with van der Waals surface area (Å²) < 4.78 is 15.2. The van der Waals surface area contributed by atoms with Gasteiger partial charge in [-0.1, -0.05) is 28.9 Å². The Balaban J connectivity index is 1.99. The highest BCUT2D eigenvalue weighted by Crippen LogP contribution is 2.30. The van der Waals surface area contributed by atoms with Crippen LogP contribution in [0.15, 0.2) is 51.6 Å². The Morgan fingerprint density at radius 2 is 2.00 bits per heavy atom. The topological polar surface area (TPSA) is 94.6 Å². The summed E-state index contributed by atoms with van der Waals surface area (Å²) in [5.74, 6) is -1.29. The number of aromatic nitrogens is 1. The minimum absolute atomic E-state index is 0.0177. The molecule has 3 rings (SSSR count). The van der Waals surface area contributed by atoms with Crippen molar-refractivity contribution in [2.24, 2.45) is 0 Å². The van der Waals surface area contributed by atoms with E-state index in [2.05, 4.69) is 10.5 Å². The van der Waals surface area contributed by atoms with Gasteiger partial charge in [0.05, 0.1) is 12.9 Å². The van der Waals surface area contributed by atoms with E-state index in [1.54, 1.807) is 37.3 Å². The lowest BCUT2D eigenvalue weighted by molar-refractivity contribution is 0.0528. The lowest BCUT2D eigenvalue weighted by Crippen LogP contribution is -2.14. The zero-order chi connectivity index (χ0) is 17.8. The van der Waals surface area contributed by atoms with Crippen LogP contribution in [0.5, 0.6) is 0 Å². The number of anilines is 1. The van der Waals surface area contributed by atoms with Gasteiger partial charge in [0.1, 0.15) is 5.69 Å². The van der Waals surface area contributed by atoms with Crippen LogP contribution in [0.3, 0.4) is 0 Å². The van der Waals surface area contributed by atoms with Crippen LogP contribution in [0.4, 0.5) is 5.88 Å². The van der Waals surface area contributed by atoms with Crippen molar-refractivity contribution >= 4 is 29.4 Å². The van der Waals surface area contributed by atoms with Gasteiger partial charge < -0.3 is 13.7 Å². The van der Waals surface area contributed by atoms with Crippen molar-refractivity contribution in [3.8, 4) is 11.3 Å². The summed E-state index contributed by atoms with van der Waals surface area (Å²) in [6, 6.07) is 9.72. The number of carbonyl (C=O) groups excluding carboxylic acids is 2. The molecule has 0 saturated carbocycles. The van der Waals surface area contributed by atoms with E-state index in [1.165, 1.54) is 12.3 Å². The van der Waals surface area contributed by atoms with Crippen LogP contribution in [-0.4, -0.2) is 23.6 Å². The highest BCUT2D eigenvalue weighted by Gasteiger charge is 2.27. The number of esters is 1. The molecule has 8 heteroatoms. The Kier molecular flexibility index (Phi) is 4.85. The summed E-state index contributed by atoms with van der Waals surface area (Å²) >= 11 is 5.88. The van der Waals surface area contributed by atoms with E-state index in [9.17, 15) is 9.59 Å². The van der Waals surface area contributed by atoms with Crippen LogP contribution >= 0.6 is 11.6 Å². The van der Waals surface area contributed by atoms with Crippen molar-refractivity contribution in [2.45, 2.75) is 6.92 Å². The van der Waals surface area contributed by atoms with E-state index < -0.39 is 11.9 Å². The third-order valence-corrected chi connectivity index (χ3v) is 3.51. The second kappa shape index (κ2) is 7.23. The molecule has 0 radical (unpaired) electrons. The van der Waals surface area contributed by atoms with Gasteiger partial charge in [-0.25, -0.2) is 4.79 Å². The summed E-state index contributed by atoms with van der Waals surface area (Å²) in [6.07, 6.45) is 1.36. The van der Waals surface area contributed by atoms with Gasteiger partial charge in [-0.3, -0.25) is 10.1 Å². The fourth-order valence-corrected chi connectivity index (χ4v) is 2.27. The molecule has 0 unspecified atom stereocenters. The maximum atomic E-state index is 12.3. The van der Waals surface area contributed by atoms with Gasteiger partial charge in [0.2, 0.25) is 5.88 Å². The molecule has 128 valence electrons. The number of hydrogen-bond donors (Lipinski definition) is 1. The zero-order valence-corrected chi connectivity index (χ0v) is 13.9. The average molecular weight is 361 g/mol. The monoisotopic (exact) mass is 360 g/mol. The van der Waals surface area contributed by atoms with Gasteiger partial charge in [0.15, 0.2) is 11.3 Å². The second-order valence-corrected chi connectivity index (χ2v) is 5.33. The Hall–Kier alpha value is -3.06. The fourth-order valence-electron chi connectivity index (χ4n) is 2.15. The predicted molar refractivity (Wildman–Crippen MR) is 89.6 cm³/mol. The first-order valence-electron chi connectivity index (χ1n) is 7.37. The summed E-state index contributed by atoms with van der Waals surface area (Å²) in [5, 5.41) is 6.89. The Labute approximate surface area is 147 Å². The zero-order valence-electron chi connectivity index (χ0n) is 13.1. The minimum atomic E-state index is -0.663. The van der Waals surface area contributed by atoms with Crippen molar-refractivity contribution in [1.29, 1.82) is 0 Å². The van der Waals surface area contributed by atoms with E-state index in [0.29, 0.717) is 10.6 Å². The first-order valence-corrected chi connectivity index (χ1v) is 7.75. The maximum absolute atomic E-state index is 12.3. The van der Waals surface area contributed by atoms with Crippen molar-refractivity contribution < 1.29 is 23.3 Å². The molecule has 7 nitrogen and oxygen atoms in total. The molecule has 1 N–H and O–H groups in total. The summed E-state index contributed by atoms with van der Waals surface area (Å²) in [5.41, 5.74) is 0.851. The fraction of sp³-hybridized carbons (Fsp3) is 0.118. The van der Waals surface area contributed by atoms with E-state index >= 15 is 0 Å². The normalized spacial score (nSPS) is 10.5. The number of furan rings is 1. The van der Waals surface area contributed by atoms with Crippen LogP contribution < -0.4 is 5.32 Å². The van der Waals surface area contributed by atoms with Gasteiger partial charge in [-0.2, -0.15) is 0 Å². The Morgan fingerprint density at radius 1 is 1.24 bits per heavy atom. The van der Waals surface area contributed by atoms with E-state index in [0.717, 1.165) is 0 Å². The largest absolute Gasteiger partial charge is 0.462 e. The summed E-state index contributed by atoms with van der Waals surface area (Å²) in [7, 11) is 0. The van der Waals surface area contributed by atoms with Gasteiger partial charge in [0.25, 0.3) is 5.91 Å². The molecule has 0 saturated heterocycles. The van der Waals surface area contributed by atoms with Crippen molar-refractivity contribution in [3.05, 3.63) is 59.0 Å². The first kappa shape index (κ1) is 16.8. The second-order valence-electron chi connectivity index (χ2n) is 4.89. The standard InChI is InChI=1S/C17H13ClN2O5/c1-2-23-17(22)13-14(10-5-7-11(18)8-6-10)20-25-16(13)19-15(21)12-4-3-9-24-12/h3-9H,2H2,1H3,(H,19,21). The van der Waals surface area contributed by atoms with Crippen LogP contribution in [0.2, 0.25) is 5.02 Å². The third kappa shape index (κ3) is 3.56. The number of rotatable bonds is 5. The number of nitrogens with one attached hydrogen (secondary N) is 1. The van der Waals surface area contributed by atoms with Crippen LogP contribution in [0.1, 0.15) is 27.8 Å². The molecule has 2 aromatic heterocycles. The van der Waals surface area contributed by atoms with E-state index in [4.69, 9.17) is 25.3 Å². The van der Waals surface area contributed by atoms with Gasteiger partial charge in [-0.05, 0) is 31.2 Å². The SMILES string of the molecule is CCOC(=O)c1c(-c2ccc(Cl)cc2)noc1NC(=O)c1ccco1. The number of benzene rings is 1. The third-order valence-electron chi connectivity index (χ3n) is 3.26. The molecule has 0 aliphatic rings. The molecule has 0 fully saturated rings. The summed E-state index contributed by atoms with van der Waals surface area (Å²) in [4.78, 5) is 24.5. The van der Waals surface area contributed by atoms with Crippen LogP contribution in [0, 0.1) is 0 Å². The van der Waals surface area contributed by atoms with Gasteiger partial charge in [-0.15, -0.1) is 0 Å². The Bertz CT molecular complexity index is 884. The highest BCUT2D eigenvalue weighted by atomic mass is 35.5. The van der Waals surface area contributed by atoms with Crippen molar-refractivity contribution in [3.63, 3.8) is 0 Å². The molecule has 0 bridgehead atoms. The van der Waals surface area contributed by atoms with Gasteiger partial charge >= 0.3 is 5.97 Å². The molecule has 1 aromatic carbocycles. The molecular weight excluding hydrogens is 348 g/mol. The van der Waals surface area contributed by atoms with Crippen molar-refractivity contribution in [2.75, 3.05) is 11.9 Å². The number of halogens is 1. The van der Waals surface area contributed by atoms with E-state index in [-0.39, 0.29) is 29.5 Å². The number of nitrogens with zero attached hydrogens (tertiary/aromatic N) is 1. The molecule has 0 aliphatic heterocycles. The number of ether oxygens (including phenoxy) is 1. The predicted octanol–water partition coefficient (Wildman–Crippen LogP) is 4.02. The molecule has 0 aliphatic carbocycles. The van der Waals surface area contributed by atoms with Gasteiger partial charge in [0, 0.05) is 10.6 Å². The molecular formula is C17H13ClN2O5. The molecule has 2 heterocycles. The molecule has 0 spiro atoms.